The largest absolute Gasteiger partial charge is 0.354 e. The minimum atomic E-state index is 0.763. The molecule has 0 saturated carbocycles. The fourth-order valence-corrected chi connectivity index (χ4v) is 3.30. The van der Waals surface area contributed by atoms with Crippen LogP contribution >= 0.6 is 0 Å². The van der Waals surface area contributed by atoms with Gasteiger partial charge in [0.05, 0.1) is 5.69 Å². The molecule has 4 heterocycles. The van der Waals surface area contributed by atoms with Crippen LogP contribution in [0.5, 0.6) is 0 Å². The van der Waals surface area contributed by atoms with Crippen molar-refractivity contribution in [2.75, 3.05) is 31.1 Å². The van der Waals surface area contributed by atoms with Crippen LogP contribution < -0.4 is 4.90 Å². The Labute approximate surface area is 153 Å². The molecule has 0 bridgehead atoms. The number of rotatable bonds is 4. The van der Waals surface area contributed by atoms with E-state index in [9.17, 15) is 0 Å². The second-order valence-electron chi connectivity index (χ2n) is 6.75. The first-order valence-electron chi connectivity index (χ1n) is 8.91. The Bertz CT molecular complexity index is 855. The molecular weight excluding hydrogens is 328 g/mol. The lowest BCUT2D eigenvalue weighted by Crippen LogP contribution is -2.46. The summed E-state index contributed by atoms with van der Waals surface area (Å²) in [5.74, 6) is 2.54. The Morgan fingerprint density at radius 2 is 1.77 bits per heavy atom. The quantitative estimate of drug-likeness (QED) is 0.706. The van der Waals surface area contributed by atoms with E-state index in [1.54, 1.807) is 10.9 Å². The zero-order valence-electron chi connectivity index (χ0n) is 15.5. The van der Waals surface area contributed by atoms with Gasteiger partial charge in [-0.25, -0.2) is 14.6 Å². The van der Waals surface area contributed by atoms with Crippen molar-refractivity contribution in [2.45, 2.75) is 20.4 Å². The van der Waals surface area contributed by atoms with Gasteiger partial charge in [0.25, 0.3) is 0 Å². The minimum Gasteiger partial charge on any atom is -0.354 e. The zero-order valence-corrected chi connectivity index (χ0v) is 15.5. The van der Waals surface area contributed by atoms with E-state index < -0.39 is 0 Å². The Balaban J connectivity index is 1.43. The average molecular weight is 352 g/mol. The fourth-order valence-electron chi connectivity index (χ4n) is 3.30. The monoisotopic (exact) mass is 352 g/mol. The maximum atomic E-state index is 4.63. The van der Waals surface area contributed by atoms with Gasteiger partial charge in [-0.2, -0.15) is 10.2 Å². The van der Waals surface area contributed by atoms with Crippen molar-refractivity contribution in [3.8, 4) is 5.82 Å². The standard InChI is InChI=1S/C18H24N8/c1-14-11-16(22-23(14)3)13-24-7-9-25(10-8-24)17-12-18(21-15(2)20-17)26-6-4-5-19-26/h4-6,11-12H,7-10,13H2,1-3H3. The summed E-state index contributed by atoms with van der Waals surface area (Å²) in [4.78, 5) is 13.9. The van der Waals surface area contributed by atoms with Gasteiger partial charge in [-0.05, 0) is 26.0 Å². The molecule has 1 aliphatic rings. The van der Waals surface area contributed by atoms with Crippen LogP contribution in [0.15, 0.2) is 30.6 Å². The van der Waals surface area contributed by atoms with Crippen LogP contribution in [0, 0.1) is 13.8 Å². The number of piperazine rings is 1. The van der Waals surface area contributed by atoms with Gasteiger partial charge in [0.1, 0.15) is 11.6 Å². The topological polar surface area (TPSA) is 67.9 Å². The molecule has 1 fully saturated rings. The number of hydrogen-bond acceptors (Lipinski definition) is 6. The molecule has 26 heavy (non-hydrogen) atoms. The van der Waals surface area contributed by atoms with E-state index in [4.69, 9.17) is 0 Å². The van der Waals surface area contributed by atoms with Crippen molar-refractivity contribution in [2.24, 2.45) is 7.05 Å². The smallest absolute Gasteiger partial charge is 0.159 e. The van der Waals surface area contributed by atoms with Crippen LogP contribution in [-0.4, -0.2) is 60.6 Å². The van der Waals surface area contributed by atoms with Crippen LogP contribution in [0.3, 0.4) is 0 Å². The van der Waals surface area contributed by atoms with Crippen molar-refractivity contribution in [1.29, 1.82) is 0 Å². The molecule has 0 N–H and O–H groups in total. The van der Waals surface area contributed by atoms with Crippen LogP contribution in [0.25, 0.3) is 5.82 Å². The van der Waals surface area contributed by atoms with E-state index in [0.717, 1.165) is 55.9 Å². The zero-order chi connectivity index (χ0) is 18.1. The van der Waals surface area contributed by atoms with Gasteiger partial charge >= 0.3 is 0 Å². The molecule has 0 aliphatic carbocycles. The highest BCUT2D eigenvalue weighted by Crippen LogP contribution is 2.18. The van der Waals surface area contributed by atoms with Crippen LogP contribution in [0.4, 0.5) is 5.82 Å². The van der Waals surface area contributed by atoms with Gasteiger partial charge in [-0.15, -0.1) is 0 Å². The van der Waals surface area contributed by atoms with Gasteiger partial charge in [-0.3, -0.25) is 9.58 Å². The van der Waals surface area contributed by atoms with Crippen molar-refractivity contribution in [3.05, 3.63) is 47.8 Å². The molecule has 1 saturated heterocycles. The molecule has 0 amide bonds. The predicted octanol–water partition coefficient (Wildman–Crippen LogP) is 1.33. The van der Waals surface area contributed by atoms with Gasteiger partial charge < -0.3 is 4.90 Å². The summed E-state index contributed by atoms with van der Waals surface area (Å²) in [6.07, 6.45) is 3.66. The summed E-state index contributed by atoms with van der Waals surface area (Å²) in [5, 5.41) is 8.84. The lowest BCUT2D eigenvalue weighted by atomic mass is 10.2. The van der Waals surface area contributed by atoms with E-state index in [0.29, 0.717) is 0 Å². The van der Waals surface area contributed by atoms with Gasteiger partial charge in [0.2, 0.25) is 0 Å². The molecule has 3 aromatic heterocycles. The Morgan fingerprint density at radius 1 is 1.00 bits per heavy atom. The summed E-state index contributed by atoms with van der Waals surface area (Å²) in [6.45, 7) is 8.79. The Kier molecular flexibility index (Phi) is 4.42. The molecular formula is C18H24N8. The fraction of sp³-hybridized carbons (Fsp3) is 0.444. The SMILES string of the molecule is Cc1nc(N2CCN(Cc3cc(C)n(C)n3)CC2)cc(-n2cccn2)n1. The third kappa shape index (κ3) is 3.45. The molecule has 3 aromatic rings. The lowest BCUT2D eigenvalue weighted by molar-refractivity contribution is 0.246. The number of anilines is 1. The van der Waals surface area contributed by atoms with Crippen molar-refractivity contribution < 1.29 is 0 Å². The Morgan fingerprint density at radius 3 is 2.42 bits per heavy atom. The summed E-state index contributed by atoms with van der Waals surface area (Å²) >= 11 is 0. The molecule has 0 radical (unpaired) electrons. The van der Waals surface area contributed by atoms with E-state index in [2.05, 4.69) is 43.0 Å². The molecule has 0 spiro atoms. The van der Waals surface area contributed by atoms with E-state index in [1.165, 1.54) is 5.69 Å². The number of hydrogen-bond donors (Lipinski definition) is 0. The summed E-state index contributed by atoms with van der Waals surface area (Å²) < 4.78 is 3.71. The van der Waals surface area contributed by atoms with Crippen molar-refractivity contribution >= 4 is 5.82 Å². The third-order valence-electron chi connectivity index (χ3n) is 4.80. The molecule has 8 nitrogen and oxygen atoms in total. The number of aryl methyl sites for hydroxylation is 3. The minimum absolute atomic E-state index is 0.763. The molecule has 0 aromatic carbocycles. The maximum absolute atomic E-state index is 4.63. The predicted molar refractivity (Wildman–Crippen MR) is 99.3 cm³/mol. The average Bonchev–Trinajstić information content (AvgIpc) is 3.26. The van der Waals surface area contributed by atoms with E-state index in [-0.39, 0.29) is 0 Å². The Hall–Kier alpha value is -2.74. The van der Waals surface area contributed by atoms with E-state index in [1.807, 2.05) is 37.0 Å². The van der Waals surface area contributed by atoms with Crippen molar-refractivity contribution in [1.82, 2.24) is 34.4 Å². The first-order valence-corrected chi connectivity index (χ1v) is 8.91. The van der Waals surface area contributed by atoms with Crippen LogP contribution in [0.2, 0.25) is 0 Å². The highest BCUT2D eigenvalue weighted by Gasteiger charge is 2.20. The molecule has 0 unspecified atom stereocenters. The van der Waals surface area contributed by atoms with Gasteiger partial charge in [0.15, 0.2) is 5.82 Å². The summed E-state index contributed by atoms with van der Waals surface area (Å²) in [5.41, 5.74) is 2.33. The second kappa shape index (κ2) is 6.87. The first-order chi connectivity index (χ1) is 12.6. The molecule has 136 valence electrons. The first kappa shape index (κ1) is 16.7. The normalized spacial score (nSPS) is 15.6. The molecule has 4 rings (SSSR count). The number of nitrogens with zero attached hydrogens (tertiary/aromatic N) is 8. The van der Waals surface area contributed by atoms with E-state index >= 15 is 0 Å². The summed E-state index contributed by atoms with van der Waals surface area (Å²) in [7, 11) is 1.99. The highest BCUT2D eigenvalue weighted by molar-refractivity contribution is 5.44. The summed E-state index contributed by atoms with van der Waals surface area (Å²) in [6, 6.07) is 6.07. The molecule has 1 aliphatic heterocycles. The highest BCUT2D eigenvalue weighted by atomic mass is 15.3. The molecule has 0 atom stereocenters. The van der Waals surface area contributed by atoms with Crippen molar-refractivity contribution in [3.63, 3.8) is 0 Å². The third-order valence-corrected chi connectivity index (χ3v) is 4.80. The maximum Gasteiger partial charge on any atom is 0.159 e. The van der Waals surface area contributed by atoms with Crippen LogP contribution in [0.1, 0.15) is 17.2 Å². The molecule has 8 heteroatoms. The number of aromatic nitrogens is 6. The van der Waals surface area contributed by atoms with Crippen LogP contribution in [-0.2, 0) is 13.6 Å². The van der Waals surface area contributed by atoms with Gasteiger partial charge in [0, 0.05) is 63.9 Å². The second-order valence-corrected chi connectivity index (χ2v) is 6.75. The van der Waals surface area contributed by atoms with Gasteiger partial charge in [-0.1, -0.05) is 0 Å². The lowest BCUT2D eigenvalue weighted by Gasteiger charge is -2.35.